The van der Waals surface area contributed by atoms with Crippen LogP contribution in [0.5, 0.6) is 0 Å². The lowest BCUT2D eigenvalue weighted by atomic mass is 9.66. The minimum absolute atomic E-state index is 0.0446. The Hall–Kier alpha value is -1.93. The Labute approximate surface area is 216 Å². The van der Waals surface area contributed by atoms with Crippen LogP contribution in [0, 0.1) is 17.3 Å². The second-order valence-electron chi connectivity index (χ2n) is 12.8. The average molecular weight is 507 g/mol. The summed E-state index contributed by atoms with van der Waals surface area (Å²) in [5.74, 6) is -2.59. The largest absolute Gasteiger partial charge is 0.466 e. The maximum absolute atomic E-state index is 14.6. The van der Waals surface area contributed by atoms with Gasteiger partial charge >= 0.3 is 5.97 Å². The number of rotatable bonds is 10. The van der Waals surface area contributed by atoms with Crippen molar-refractivity contribution in [3.05, 3.63) is 12.7 Å². The van der Waals surface area contributed by atoms with E-state index in [1.807, 2.05) is 27.7 Å². The molecule has 3 fully saturated rings. The van der Waals surface area contributed by atoms with E-state index in [-0.39, 0.29) is 30.4 Å². The van der Waals surface area contributed by atoms with Crippen molar-refractivity contribution in [2.24, 2.45) is 17.3 Å². The van der Waals surface area contributed by atoms with Crippen molar-refractivity contribution < 1.29 is 29.0 Å². The summed E-state index contributed by atoms with van der Waals surface area (Å²) in [5, 5.41) is 10.2. The summed E-state index contributed by atoms with van der Waals surface area (Å²) in [5.41, 5.74) is -2.59. The number of hydrogen-bond acceptors (Lipinski definition) is 6. The number of hydrogen-bond donors (Lipinski definition) is 1. The molecule has 3 saturated heterocycles. The van der Waals surface area contributed by atoms with Crippen LogP contribution in [0.4, 0.5) is 0 Å². The van der Waals surface area contributed by atoms with Gasteiger partial charge in [-0.3, -0.25) is 14.4 Å². The number of amides is 2. The first-order valence-corrected chi connectivity index (χ1v) is 13.4. The first-order chi connectivity index (χ1) is 16.6. The summed E-state index contributed by atoms with van der Waals surface area (Å²) in [4.78, 5) is 45.2. The van der Waals surface area contributed by atoms with E-state index in [2.05, 4.69) is 27.4 Å². The molecule has 2 bridgehead atoms. The van der Waals surface area contributed by atoms with E-state index >= 15 is 0 Å². The van der Waals surface area contributed by atoms with E-state index in [4.69, 9.17) is 9.47 Å². The quantitative estimate of drug-likeness (QED) is 0.361. The Kier molecular flexibility index (Phi) is 7.75. The monoisotopic (exact) mass is 506 g/mol. The van der Waals surface area contributed by atoms with Crippen molar-refractivity contribution in [3.63, 3.8) is 0 Å². The molecule has 1 spiro atoms. The molecule has 0 radical (unpaired) electrons. The minimum atomic E-state index is -1.14. The minimum Gasteiger partial charge on any atom is -0.466 e. The molecule has 8 nitrogen and oxygen atoms in total. The molecule has 2 unspecified atom stereocenters. The van der Waals surface area contributed by atoms with Gasteiger partial charge in [-0.05, 0) is 58.8 Å². The van der Waals surface area contributed by atoms with Gasteiger partial charge in [0.15, 0.2) is 0 Å². The van der Waals surface area contributed by atoms with Crippen molar-refractivity contribution in [2.45, 2.75) is 110 Å². The van der Waals surface area contributed by atoms with Gasteiger partial charge in [-0.15, -0.1) is 6.58 Å². The van der Waals surface area contributed by atoms with Crippen molar-refractivity contribution in [1.29, 1.82) is 0 Å². The predicted octanol–water partition coefficient (Wildman–Crippen LogP) is 3.31. The van der Waals surface area contributed by atoms with Gasteiger partial charge in [0.2, 0.25) is 11.8 Å². The zero-order valence-electron chi connectivity index (χ0n) is 23.4. The Bertz CT molecular complexity index is 891. The standard InChI is InChI=1S/C28H46N2O6/c1-10-15-29(26(7,8)17-25(4,5)6)23(33)21-28-14-13-27(9,36-28)20(24(34)35-12-3)19(28)22(32)30(21)18(11-2)16-31/h10,18-21,31H,1,11-17H2,2-9H3/t18-,19-,20-,21?,27+,28?/m0/s1. The number of carbonyl (C=O) groups is 3. The highest BCUT2D eigenvalue weighted by Crippen LogP contribution is 2.64. The fourth-order valence-corrected chi connectivity index (χ4v) is 7.35. The van der Waals surface area contributed by atoms with Crippen LogP contribution >= 0.6 is 0 Å². The number of nitrogens with zero attached hydrogens (tertiary/aromatic N) is 2. The van der Waals surface area contributed by atoms with E-state index in [9.17, 15) is 19.5 Å². The molecule has 0 aromatic heterocycles. The normalized spacial score (nSPS) is 32.4. The topological polar surface area (TPSA) is 96.4 Å². The molecule has 3 aliphatic rings. The number of esters is 1. The van der Waals surface area contributed by atoms with Gasteiger partial charge in [-0.1, -0.05) is 33.8 Å². The molecular formula is C28H46N2O6. The first-order valence-electron chi connectivity index (χ1n) is 13.4. The van der Waals surface area contributed by atoms with E-state index in [1.165, 1.54) is 4.90 Å². The van der Waals surface area contributed by atoms with Crippen molar-refractivity contribution in [2.75, 3.05) is 19.8 Å². The first kappa shape index (κ1) is 28.6. The van der Waals surface area contributed by atoms with E-state index in [0.29, 0.717) is 25.8 Å². The molecule has 0 aromatic rings. The number of aliphatic hydroxyl groups is 1. The third kappa shape index (κ3) is 4.49. The van der Waals surface area contributed by atoms with Gasteiger partial charge in [-0.25, -0.2) is 0 Å². The molecule has 204 valence electrons. The van der Waals surface area contributed by atoms with Crippen molar-refractivity contribution >= 4 is 17.8 Å². The maximum Gasteiger partial charge on any atom is 0.312 e. The molecule has 36 heavy (non-hydrogen) atoms. The Morgan fingerprint density at radius 1 is 1.28 bits per heavy atom. The Morgan fingerprint density at radius 3 is 2.42 bits per heavy atom. The third-order valence-corrected chi connectivity index (χ3v) is 8.34. The maximum atomic E-state index is 14.6. The van der Waals surface area contributed by atoms with E-state index in [0.717, 1.165) is 6.42 Å². The molecule has 3 aliphatic heterocycles. The highest BCUT2D eigenvalue weighted by Gasteiger charge is 2.79. The molecule has 0 aromatic carbocycles. The van der Waals surface area contributed by atoms with Gasteiger partial charge < -0.3 is 24.4 Å². The van der Waals surface area contributed by atoms with Crippen molar-refractivity contribution in [1.82, 2.24) is 9.80 Å². The van der Waals surface area contributed by atoms with Gasteiger partial charge in [-0.2, -0.15) is 0 Å². The van der Waals surface area contributed by atoms with Gasteiger partial charge in [0.1, 0.15) is 17.6 Å². The summed E-state index contributed by atoms with van der Waals surface area (Å²) < 4.78 is 12.0. The number of fused-ring (bicyclic) bond motifs is 1. The van der Waals surface area contributed by atoms with Gasteiger partial charge in [0.05, 0.1) is 30.8 Å². The molecule has 3 heterocycles. The fraction of sp³-hybridized carbons (Fsp3) is 0.821. The predicted molar refractivity (Wildman–Crippen MR) is 137 cm³/mol. The lowest BCUT2D eigenvalue weighted by molar-refractivity contribution is -0.163. The average Bonchev–Trinajstić information content (AvgIpc) is 3.32. The van der Waals surface area contributed by atoms with Crippen LogP contribution in [0.25, 0.3) is 0 Å². The molecule has 0 aliphatic carbocycles. The smallest absolute Gasteiger partial charge is 0.312 e. The fourth-order valence-electron chi connectivity index (χ4n) is 7.35. The number of likely N-dealkylation sites (tertiary alicyclic amines) is 1. The number of aliphatic hydroxyl groups excluding tert-OH is 1. The van der Waals surface area contributed by atoms with Gasteiger partial charge in [0.25, 0.3) is 0 Å². The van der Waals surface area contributed by atoms with Crippen LogP contribution in [0.1, 0.15) is 81.1 Å². The SMILES string of the molecule is C=CCN(C(=O)C1N([C@@H](CC)CO)C(=O)[C@@H]2[C@@H](C(=O)OCC)[C@@]3(C)CCC12O3)C(C)(C)CC(C)(C)C. The van der Waals surface area contributed by atoms with E-state index in [1.54, 1.807) is 17.9 Å². The van der Waals surface area contributed by atoms with Gasteiger partial charge in [0, 0.05) is 12.1 Å². The summed E-state index contributed by atoms with van der Waals surface area (Å²) in [6, 6.07) is -1.49. The molecule has 6 atom stereocenters. The lowest BCUT2D eigenvalue weighted by Crippen LogP contribution is -2.62. The highest BCUT2D eigenvalue weighted by atomic mass is 16.6. The zero-order valence-corrected chi connectivity index (χ0v) is 23.4. The summed E-state index contributed by atoms with van der Waals surface area (Å²) in [6.45, 7) is 20.1. The number of ether oxygens (including phenoxy) is 2. The summed E-state index contributed by atoms with van der Waals surface area (Å²) in [6.07, 6.45) is 3.96. The van der Waals surface area contributed by atoms with Crippen LogP contribution < -0.4 is 0 Å². The van der Waals surface area contributed by atoms with Crippen LogP contribution in [-0.2, 0) is 23.9 Å². The second-order valence-corrected chi connectivity index (χ2v) is 12.8. The second kappa shape index (κ2) is 9.75. The van der Waals surface area contributed by atoms with Crippen LogP contribution in [0.3, 0.4) is 0 Å². The van der Waals surface area contributed by atoms with Crippen LogP contribution in [0.2, 0.25) is 0 Å². The molecular weight excluding hydrogens is 460 g/mol. The molecule has 1 N–H and O–H groups in total. The third-order valence-electron chi connectivity index (χ3n) is 8.34. The Morgan fingerprint density at radius 2 is 1.92 bits per heavy atom. The van der Waals surface area contributed by atoms with Crippen molar-refractivity contribution in [3.8, 4) is 0 Å². The summed E-state index contributed by atoms with van der Waals surface area (Å²) >= 11 is 0. The molecule has 2 amide bonds. The number of carbonyl (C=O) groups excluding carboxylic acids is 3. The highest BCUT2D eigenvalue weighted by molar-refractivity contribution is 5.99. The van der Waals surface area contributed by atoms with Crippen LogP contribution in [0.15, 0.2) is 12.7 Å². The molecule has 8 heteroatoms. The lowest BCUT2D eigenvalue weighted by Gasteiger charge is -2.46. The molecule has 3 rings (SSSR count). The molecule has 0 saturated carbocycles. The zero-order chi connectivity index (χ0) is 27.3. The van der Waals surface area contributed by atoms with E-state index < -0.39 is 46.6 Å². The Balaban J connectivity index is 2.15. The summed E-state index contributed by atoms with van der Waals surface area (Å²) in [7, 11) is 0. The van der Waals surface area contributed by atoms with Crippen LogP contribution in [-0.4, -0.2) is 81.3 Å².